The van der Waals surface area contributed by atoms with Gasteiger partial charge >= 0.3 is 0 Å². The van der Waals surface area contributed by atoms with Crippen LogP contribution in [0.5, 0.6) is 0 Å². The highest BCUT2D eigenvalue weighted by atomic mass is 35.5. The van der Waals surface area contributed by atoms with Gasteiger partial charge in [0, 0.05) is 31.7 Å². The van der Waals surface area contributed by atoms with Gasteiger partial charge in [0.15, 0.2) is 0 Å². The monoisotopic (exact) mass is 424 g/mol. The zero-order chi connectivity index (χ0) is 20.9. The smallest absolute Gasteiger partial charge is 0.253 e. The highest BCUT2D eigenvalue weighted by Gasteiger charge is 2.23. The van der Waals surface area contributed by atoms with Crippen LogP contribution >= 0.6 is 11.6 Å². The number of anilines is 1. The standard InChI is InChI=1S/C21H21ClN6O2/c22-18-3-1-2-4-19(18)25-20(29)13-26-9-11-27(12-10-26)21(30)16-5-7-17(8-6-16)28-15-23-14-24-28/h1-8,14-15H,9-13H2,(H,25,29). The maximum absolute atomic E-state index is 12.8. The molecule has 30 heavy (non-hydrogen) atoms. The van der Waals surface area contributed by atoms with Gasteiger partial charge in [-0.15, -0.1) is 0 Å². The molecule has 1 aliphatic heterocycles. The zero-order valence-corrected chi connectivity index (χ0v) is 17.0. The van der Waals surface area contributed by atoms with Crippen molar-refractivity contribution >= 4 is 29.1 Å². The van der Waals surface area contributed by atoms with Crippen LogP contribution in [0.15, 0.2) is 61.2 Å². The third-order valence-electron chi connectivity index (χ3n) is 4.97. The minimum absolute atomic E-state index is 0.0136. The van der Waals surface area contributed by atoms with Gasteiger partial charge in [0.05, 0.1) is 22.9 Å². The first-order valence-corrected chi connectivity index (χ1v) is 9.99. The number of piperazine rings is 1. The van der Waals surface area contributed by atoms with Crippen LogP contribution < -0.4 is 5.32 Å². The fraction of sp³-hybridized carbons (Fsp3) is 0.238. The Labute approximate surface area is 179 Å². The number of aromatic nitrogens is 3. The van der Waals surface area contributed by atoms with Gasteiger partial charge < -0.3 is 10.2 Å². The first-order chi connectivity index (χ1) is 14.6. The van der Waals surface area contributed by atoms with Gasteiger partial charge in [-0.25, -0.2) is 9.67 Å². The molecule has 1 saturated heterocycles. The first kappa shape index (κ1) is 20.1. The molecule has 1 aromatic heterocycles. The Hall–Kier alpha value is -3.23. The number of hydrogen-bond donors (Lipinski definition) is 1. The van der Waals surface area contributed by atoms with E-state index in [-0.39, 0.29) is 18.4 Å². The van der Waals surface area contributed by atoms with E-state index in [1.54, 1.807) is 35.3 Å². The summed E-state index contributed by atoms with van der Waals surface area (Å²) in [5.41, 5.74) is 2.08. The van der Waals surface area contributed by atoms with Crippen molar-refractivity contribution in [1.29, 1.82) is 0 Å². The van der Waals surface area contributed by atoms with Crippen LogP contribution in [0.2, 0.25) is 5.02 Å². The Balaban J connectivity index is 1.28. The number of hydrogen-bond acceptors (Lipinski definition) is 5. The van der Waals surface area contributed by atoms with Crippen molar-refractivity contribution in [2.24, 2.45) is 0 Å². The van der Waals surface area contributed by atoms with E-state index in [2.05, 4.69) is 15.4 Å². The van der Waals surface area contributed by atoms with E-state index >= 15 is 0 Å². The van der Waals surface area contributed by atoms with Gasteiger partial charge in [0.2, 0.25) is 5.91 Å². The average molecular weight is 425 g/mol. The normalized spacial score (nSPS) is 14.5. The van der Waals surface area contributed by atoms with Gasteiger partial charge in [-0.05, 0) is 36.4 Å². The number of nitrogens with one attached hydrogen (secondary N) is 1. The minimum atomic E-state index is -0.119. The Bertz CT molecular complexity index is 1010. The Morgan fingerprint density at radius 2 is 1.73 bits per heavy atom. The lowest BCUT2D eigenvalue weighted by atomic mass is 10.1. The Kier molecular flexibility index (Phi) is 6.06. The maximum atomic E-state index is 12.8. The molecule has 2 aromatic carbocycles. The second-order valence-corrected chi connectivity index (χ2v) is 7.39. The molecule has 2 heterocycles. The number of carbonyl (C=O) groups is 2. The summed E-state index contributed by atoms with van der Waals surface area (Å²) < 4.78 is 1.64. The lowest BCUT2D eigenvalue weighted by Crippen LogP contribution is -2.50. The van der Waals surface area contributed by atoms with Crippen molar-refractivity contribution in [3.63, 3.8) is 0 Å². The van der Waals surface area contributed by atoms with E-state index in [9.17, 15) is 9.59 Å². The second-order valence-electron chi connectivity index (χ2n) is 6.98. The van der Waals surface area contributed by atoms with Gasteiger partial charge in [-0.1, -0.05) is 23.7 Å². The topological polar surface area (TPSA) is 83.4 Å². The Morgan fingerprint density at radius 1 is 1.00 bits per heavy atom. The molecule has 154 valence electrons. The van der Waals surface area contributed by atoms with Crippen LogP contribution in [-0.4, -0.2) is 69.1 Å². The summed E-state index contributed by atoms with van der Waals surface area (Å²) in [6.07, 6.45) is 3.07. The predicted octanol–water partition coefficient (Wildman–Crippen LogP) is 2.32. The van der Waals surface area contributed by atoms with Crippen LogP contribution in [0.4, 0.5) is 5.69 Å². The predicted molar refractivity (Wildman–Crippen MR) is 114 cm³/mol. The van der Waals surface area contributed by atoms with E-state index in [0.29, 0.717) is 42.5 Å². The van der Waals surface area contributed by atoms with Crippen molar-refractivity contribution in [3.8, 4) is 5.69 Å². The molecule has 0 aliphatic carbocycles. The molecule has 0 saturated carbocycles. The van der Waals surface area contributed by atoms with Gasteiger partial charge in [-0.3, -0.25) is 14.5 Å². The van der Waals surface area contributed by atoms with E-state index in [1.807, 2.05) is 34.1 Å². The van der Waals surface area contributed by atoms with Gasteiger partial charge in [-0.2, -0.15) is 5.10 Å². The molecule has 0 bridgehead atoms. The number of rotatable bonds is 5. The van der Waals surface area contributed by atoms with Crippen molar-refractivity contribution in [3.05, 3.63) is 71.8 Å². The van der Waals surface area contributed by atoms with Crippen molar-refractivity contribution in [2.45, 2.75) is 0 Å². The molecule has 0 unspecified atom stereocenters. The van der Waals surface area contributed by atoms with E-state index in [4.69, 9.17) is 11.6 Å². The van der Waals surface area contributed by atoms with Crippen LogP contribution in [0.3, 0.4) is 0 Å². The largest absolute Gasteiger partial charge is 0.336 e. The van der Waals surface area contributed by atoms with Crippen molar-refractivity contribution < 1.29 is 9.59 Å². The van der Waals surface area contributed by atoms with Crippen molar-refractivity contribution in [1.82, 2.24) is 24.6 Å². The summed E-state index contributed by atoms with van der Waals surface area (Å²) >= 11 is 6.08. The summed E-state index contributed by atoms with van der Waals surface area (Å²) in [7, 11) is 0. The average Bonchev–Trinajstić information content (AvgIpc) is 3.30. The third kappa shape index (κ3) is 4.67. The number of amides is 2. The third-order valence-corrected chi connectivity index (χ3v) is 5.30. The molecule has 0 radical (unpaired) electrons. The van der Waals surface area contributed by atoms with Gasteiger partial charge in [0.25, 0.3) is 5.91 Å². The highest BCUT2D eigenvalue weighted by Crippen LogP contribution is 2.20. The number of carbonyl (C=O) groups excluding carboxylic acids is 2. The molecular weight excluding hydrogens is 404 g/mol. The van der Waals surface area contributed by atoms with Crippen molar-refractivity contribution in [2.75, 3.05) is 38.0 Å². The summed E-state index contributed by atoms with van der Waals surface area (Å²) in [5.74, 6) is -0.133. The fourth-order valence-electron chi connectivity index (χ4n) is 3.35. The number of nitrogens with zero attached hydrogens (tertiary/aromatic N) is 5. The second kappa shape index (κ2) is 9.06. The number of benzene rings is 2. The lowest BCUT2D eigenvalue weighted by Gasteiger charge is -2.34. The molecule has 3 aromatic rings. The number of para-hydroxylation sites is 1. The molecule has 9 heteroatoms. The van der Waals surface area contributed by atoms with Crippen LogP contribution in [0, 0.1) is 0 Å². The molecule has 1 aliphatic rings. The first-order valence-electron chi connectivity index (χ1n) is 9.61. The summed E-state index contributed by atoms with van der Waals surface area (Å²) in [4.78, 5) is 32.8. The van der Waals surface area contributed by atoms with Crippen LogP contribution in [0.1, 0.15) is 10.4 Å². The lowest BCUT2D eigenvalue weighted by molar-refractivity contribution is -0.117. The van der Waals surface area contributed by atoms with Crippen LogP contribution in [0.25, 0.3) is 5.69 Å². The minimum Gasteiger partial charge on any atom is -0.336 e. The molecule has 2 amide bonds. The van der Waals surface area contributed by atoms with E-state index in [1.165, 1.54) is 6.33 Å². The molecule has 0 atom stereocenters. The molecule has 8 nitrogen and oxygen atoms in total. The molecule has 1 fully saturated rings. The molecular formula is C21H21ClN6O2. The maximum Gasteiger partial charge on any atom is 0.253 e. The van der Waals surface area contributed by atoms with Crippen LogP contribution in [-0.2, 0) is 4.79 Å². The quantitative estimate of drug-likeness (QED) is 0.679. The molecule has 0 spiro atoms. The van der Waals surface area contributed by atoms with E-state index < -0.39 is 0 Å². The van der Waals surface area contributed by atoms with E-state index in [0.717, 1.165) is 5.69 Å². The SMILES string of the molecule is O=C(CN1CCN(C(=O)c2ccc(-n3cncn3)cc2)CC1)Nc1ccccc1Cl. The zero-order valence-electron chi connectivity index (χ0n) is 16.2. The molecule has 1 N–H and O–H groups in total. The molecule has 4 rings (SSSR count). The fourth-order valence-corrected chi connectivity index (χ4v) is 3.53. The van der Waals surface area contributed by atoms with Gasteiger partial charge in [0.1, 0.15) is 12.7 Å². The number of halogens is 1. The summed E-state index contributed by atoms with van der Waals surface area (Å²) in [6.45, 7) is 2.68. The highest BCUT2D eigenvalue weighted by molar-refractivity contribution is 6.33. The summed E-state index contributed by atoms with van der Waals surface area (Å²) in [6, 6.07) is 14.4. The Morgan fingerprint density at radius 3 is 2.40 bits per heavy atom. The summed E-state index contributed by atoms with van der Waals surface area (Å²) in [5, 5.41) is 7.42.